The molecule has 0 radical (unpaired) electrons. The normalized spacial score (nSPS) is 19.4. The summed E-state index contributed by atoms with van der Waals surface area (Å²) in [6, 6.07) is 7.42. The minimum atomic E-state index is -0.535. The Bertz CT molecular complexity index is 498. The molecule has 1 saturated heterocycles. The maximum absolute atomic E-state index is 12.3. The van der Waals surface area contributed by atoms with Crippen molar-refractivity contribution in [3.05, 3.63) is 24.3 Å². The third kappa shape index (κ3) is 5.84. The lowest BCUT2D eigenvalue weighted by Gasteiger charge is -2.24. The molecule has 0 aromatic heterocycles. The van der Waals surface area contributed by atoms with Crippen molar-refractivity contribution < 1.29 is 19.0 Å². The predicted octanol–water partition coefficient (Wildman–Crippen LogP) is 3.39. The third-order valence-corrected chi connectivity index (χ3v) is 3.68. The number of hydrogen-bond acceptors (Lipinski definition) is 4. The summed E-state index contributed by atoms with van der Waals surface area (Å²) < 4.78 is 17.0. The summed E-state index contributed by atoms with van der Waals surface area (Å²) in [6.45, 7) is 6.90. The molecule has 5 nitrogen and oxygen atoms in total. The topological polar surface area (TPSA) is 56.8 Å². The molecule has 0 aliphatic carbocycles. The van der Waals surface area contributed by atoms with Crippen LogP contribution in [0.2, 0.25) is 0 Å². The Morgan fingerprint density at radius 3 is 2.78 bits per heavy atom. The first-order chi connectivity index (χ1) is 11.1. The highest BCUT2D eigenvalue weighted by atomic mass is 16.5. The molecule has 1 fully saturated rings. The number of benzene rings is 1. The maximum Gasteiger partial charge on any atom is 0.253 e. The van der Waals surface area contributed by atoms with Crippen LogP contribution < -0.4 is 10.1 Å². The van der Waals surface area contributed by atoms with E-state index < -0.39 is 6.10 Å². The Balaban J connectivity index is 1.85. The van der Waals surface area contributed by atoms with Crippen molar-refractivity contribution >= 4 is 11.6 Å². The van der Waals surface area contributed by atoms with Crippen molar-refractivity contribution in [2.24, 2.45) is 0 Å². The molecule has 0 bridgehead atoms. The smallest absolute Gasteiger partial charge is 0.253 e. The summed E-state index contributed by atoms with van der Waals surface area (Å²) in [5, 5.41) is 2.87. The number of ether oxygens (including phenoxy) is 3. The lowest BCUT2D eigenvalue weighted by Crippen LogP contribution is -2.32. The first-order valence-corrected chi connectivity index (χ1v) is 8.36. The van der Waals surface area contributed by atoms with Crippen LogP contribution in [0.3, 0.4) is 0 Å². The molecule has 2 atom stereocenters. The van der Waals surface area contributed by atoms with E-state index in [4.69, 9.17) is 14.2 Å². The molecule has 0 unspecified atom stereocenters. The molecule has 1 aromatic rings. The van der Waals surface area contributed by atoms with E-state index in [-0.39, 0.29) is 18.1 Å². The van der Waals surface area contributed by atoms with Crippen LogP contribution >= 0.6 is 0 Å². The monoisotopic (exact) mass is 321 g/mol. The Labute approximate surface area is 138 Å². The number of carbonyl (C=O) groups excluding carboxylic acids is 1. The number of para-hydroxylation sites is 2. The molecule has 1 amide bonds. The van der Waals surface area contributed by atoms with Gasteiger partial charge in [0.25, 0.3) is 5.91 Å². The van der Waals surface area contributed by atoms with Gasteiger partial charge < -0.3 is 19.5 Å². The molecule has 1 aromatic carbocycles. The number of carbonyl (C=O) groups is 1. The number of nitrogens with one attached hydrogen (secondary N) is 1. The maximum atomic E-state index is 12.3. The molecule has 0 saturated carbocycles. The van der Waals surface area contributed by atoms with E-state index in [1.54, 1.807) is 6.92 Å². The van der Waals surface area contributed by atoms with Gasteiger partial charge in [0.05, 0.1) is 24.5 Å². The number of amides is 1. The molecule has 1 aliphatic rings. The van der Waals surface area contributed by atoms with Gasteiger partial charge in [-0.3, -0.25) is 4.79 Å². The zero-order valence-electron chi connectivity index (χ0n) is 14.2. The fourth-order valence-electron chi connectivity index (χ4n) is 2.43. The standard InChI is InChI=1S/C18H27NO4/c1-13(2)23-17-10-5-4-9-16(17)19-18(20)14(3)22-12-15-8-6-7-11-21-15/h4-5,9-10,13-15H,6-8,11-12H2,1-3H3,(H,19,20)/t14-,15+/m1/s1. The van der Waals surface area contributed by atoms with Crippen LogP contribution in [0.1, 0.15) is 40.0 Å². The number of rotatable bonds is 7. The van der Waals surface area contributed by atoms with Crippen LogP contribution in [0.5, 0.6) is 5.75 Å². The quantitative estimate of drug-likeness (QED) is 0.836. The molecule has 1 heterocycles. The first-order valence-electron chi connectivity index (χ1n) is 8.36. The van der Waals surface area contributed by atoms with Gasteiger partial charge in [0.2, 0.25) is 0 Å². The second-order valence-electron chi connectivity index (χ2n) is 6.12. The second kappa shape index (κ2) is 8.89. The van der Waals surface area contributed by atoms with Gasteiger partial charge in [-0.25, -0.2) is 0 Å². The van der Waals surface area contributed by atoms with E-state index in [1.807, 2.05) is 38.1 Å². The largest absolute Gasteiger partial charge is 0.489 e. The van der Waals surface area contributed by atoms with Crippen molar-refractivity contribution in [2.45, 2.75) is 58.3 Å². The Hall–Kier alpha value is -1.59. The van der Waals surface area contributed by atoms with Crippen LogP contribution in [0.4, 0.5) is 5.69 Å². The highest BCUT2D eigenvalue weighted by molar-refractivity contribution is 5.95. The van der Waals surface area contributed by atoms with Gasteiger partial charge >= 0.3 is 0 Å². The lowest BCUT2D eigenvalue weighted by atomic mass is 10.1. The first kappa shape index (κ1) is 17.8. The SMILES string of the molecule is CC(C)Oc1ccccc1NC(=O)[C@@H](C)OC[C@@H]1CCCCO1. The molecule has 5 heteroatoms. The average Bonchev–Trinajstić information content (AvgIpc) is 2.55. The van der Waals surface area contributed by atoms with Gasteiger partial charge in [-0.15, -0.1) is 0 Å². The van der Waals surface area contributed by atoms with E-state index in [0.29, 0.717) is 18.0 Å². The van der Waals surface area contributed by atoms with E-state index in [0.717, 1.165) is 25.9 Å². The Kier molecular flexibility index (Phi) is 6.86. The highest BCUT2D eigenvalue weighted by Gasteiger charge is 2.19. The van der Waals surface area contributed by atoms with Crippen LogP contribution in [0.15, 0.2) is 24.3 Å². The molecule has 1 N–H and O–H groups in total. The highest BCUT2D eigenvalue weighted by Crippen LogP contribution is 2.25. The van der Waals surface area contributed by atoms with Crippen LogP contribution in [-0.2, 0) is 14.3 Å². The zero-order chi connectivity index (χ0) is 16.7. The van der Waals surface area contributed by atoms with Crippen molar-refractivity contribution in [2.75, 3.05) is 18.5 Å². The third-order valence-electron chi connectivity index (χ3n) is 3.68. The Morgan fingerprint density at radius 1 is 1.30 bits per heavy atom. The second-order valence-corrected chi connectivity index (χ2v) is 6.12. The van der Waals surface area contributed by atoms with E-state index in [2.05, 4.69) is 5.32 Å². The van der Waals surface area contributed by atoms with Gasteiger partial charge in [0.15, 0.2) is 0 Å². The Morgan fingerprint density at radius 2 is 2.09 bits per heavy atom. The zero-order valence-corrected chi connectivity index (χ0v) is 14.2. The summed E-state index contributed by atoms with van der Waals surface area (Å²) >= 11 is 0. The van der Waals surface area contributed by atoms with Crippen molar-refractivity contribution in [1.82, 2.24) is 0 Å². The fourth-order valence-corrected chi connectivity index (χ4v) is 2.43. The van der Waals surface area contributed by atoms with Crippen molar-refractivity contribution in [3.63, 3.8) is 0 Å². The molecule has 2 rings (SSSR count). The fraction of sp³-hybridized carbons (Fsp3) is 0.611. The number of anilines is 1. The summed E-state index contributed by atoms with van der Waals surface area (Å²) in [6.07, 6.45) is 2.89. The summed E-state index contributed by atoms with van der Waals surface area (Å²) in [5.41, 5.74) is 0.663. The van der Waals surface area contributed by atoms with Crippen molar-refractivity contribution in [1.29, 1.82) is 0 Å². The van der Waals surface area contributed by atoms with Gasteiger partial charge in [0, 0.05) is 6.61 Å². The predicted molar refractivity (Wildman–Crippen MR) is 89.8 cm³/mol. The van der Waals surface area contributed by atoms with Gasteiger partial charge in [0.1, 0.15) is 11.9 Å². The number of hydrogen-bond donors (Lipinski definition) is 1. The summed E-state index contributed by atoms with van der Waals surface area (Å²) in [7, 11) is 0. The van der Waals surface area contributed by atoms with E-state index in [9.17, 15) is 4.79 Å². The summed E-state index contributed by atoms with van der Waals surface area (Å²) in [4.78, 5) is 12.3. The van der Waals surface area contributed by atoms with Gasteiger partial charge in [-0.2, -0.15) is 0 Å². The molecule has 128 valence electrons. The lowest BCUT2D eigenvalue weighted by molar-refractivity contribution is -0.130. The van der Waals surface area contributed by atoms with Crippen molar-refractivity contribution in [3.8, 4) is 5.75 Å². The average molecular weight is 321 g/mol. The molecule has 23 heavy (non-hydrogen) atoms. The minimum Gasteiger partial charge on any atom is -0.489 e. The molecule has 0 spiro atoms. The van der Waals surface area contributed by atoms with Crippen LogP contribution in [0.25, 0.3) is 0 Å². The summed E-state index contributed by atoms with van der Waals surface area (Å²) in [5.74, 6) is 0.485. The molecular formula is C18H27NO4. The molecular weight excluding hydrogens is 294 g/mol. The van der Waals surface area contributed by atoms with Gasteiger partial charge in [-0.05, 0) is 52.2 Å². The molecule has 1 aliphatic heterocycles. The van der Waals surface area contributed by atoms with Crippen LogP contribution in [-0.4, -0.2) is 37.4 Å². The van der Waals surface area contributed by atoms with E-state index in [1.165, 1.54) is 0 Å². The minimum absolute atomic E-state index is 0.0465. The van der Waals surface area contributed by atoms with Gasteiger partial charge in [-0.1, -0.05) is 12.1 Å². The van der Waals surface area contributed by atoms with Crippen LogP contribution in [0, 0.1) is 0 Å². The van der Waals surface area contributed by atoms with E-state index >= 15 is 0 Å².